The highest BCUT2D eigenvalue weighted by Gasteiger charge is 2.24. The van der Waals surface area contributed by atoms with Crippen molar-refractivity contribution in [1.82, 2.24) is 4.31 Å². The number of hydrogen-bond donors (Lipinski definition) is 1. The van der Waals surface area contributed by atoms with E-state index >= 15 is 0 Å². The molecule has 0 spiro atoms. The largest absolute Gasteiger partial charge is 0.371 e. The van der Waals surface area contributed by atoms with Crippen LogP contribution in [0.1, 0.15) is 29.6 Å². The highest BCUT2D eigenvalue weighted by Crippen LogP contribution is 2.29. The van der Waals surface area contributed by atoms with Crippen LogP contribution in [-0.4, -0.2) is 45.8 Å². The van der Waals surface area contributed by atoms with E-state index in [9.17, 15) is 22.0 Å². The van der Waals surface area contributed by atoms with Gasteiger partial charge in [0.05, 0.1) is 16.1 Å². The van der Waals surface area contributed by atoms with E-state index in [-0.39, 0.29) is 16.1 Å². The smallest absolute Gasteiger partial charge is 0.257 e. The van der Waals surface area contributed by atoms with Gasteiger partial charge in [0.15, 0.2) is 0 Å². The van der Waals surface area contributed by atoms with Crippen LogP contribution >= 0.6 is 0 Å². The van der Waals surface area contributed by atoms with Gasteiger partial charge in [0.2, 0.25) is 10.0 Å². The minimum Gasteiger partial charge on any atom is -0.371 e. The first-order chi connectivity index (χ1) is 13.7. The first-order valence-corrected chi connectivity index (χ1v) is 10.7. The molecule has 29 heavy (non-hydrogen) atoms. The Kier molecular flexibility index (Phi) is 6.18. The van der Waals surface area contributed by atoms with Gasteiger partial charge in [-0.1, -0.05) is 0 Å². The quantitative estimate of drug-likeness (QED) is 0.800. The lowest BCUT2D eigenvalue weighted by atomic mass is 10.1. The van der Waals surface area contributed by atoms with E-state index in [1.165, 1.54) is 26.2 Å². The Balaban J connectivity index is 2.03. The van der Waals surface area contributed by atoms with Gasteiger partial charge in [-0.25, -0.2) is 21.5 Å². The highest BCUT2D eigenvalue weighted by molar-refractivity contribution is 7.89. The third kappa shape index (κ3) is 4.56. The van der Waals surface area contributed by atoms with Crippen LogP contribution in [0.3, 0.4) is 0 Å². The number of piperidine rings is 1. The van der Waals surface area contributed by atoms with Gasteiger partial charge < -0.3 is 10.2 Å². The number of anilines is 2. The summed E-state index contributed by atoms with van der Waals surface area (Å²) >= 11 is 0. The fraction of sp³-hybridized carbons (Fsp3) is 0.350. The first kappa shape index (κ1) is 21.2. The maximum Gasteiger partial charge on any atom is 0.257 e. The molecule has 1 N–H and O–H groups in total. The fourth-order valence-electron chi connectivity index (χ4n) is 3.26. The Labute approximate surface area is 169 Å². The molecule has 3 rings (SSSR count). The van der Waals surface area contributed by atoms with E-state index in [1.54, 1.807) is 6.07 Å². The van der Waals surface area contributed by atoms with Gasteiger partial charge in [-0.2, -0.15) is 0 Å². The molecule has 0 aliphatic carbocycles. The molecule has 0 radical (unpaired) electrons. The molecule has 1 heterocycles. The average Bonchev–Trinajstić information content (AvgIpc) is 2.70. The Morgan fingerprint density at radius 3 is 2.34 bits per heavy atom. The molecule has 0 bridgehead atoms. The summed E-state index contributed by atoms with van der Waals surface area (Å²) in [5, 5.41) is 2.43. The number of nitrogens with one attached hydrogen (secondary N) is 1. The first-order valence-electron chi connectivity index (χ1n) is 9.28. The molecule has 0 atom stereocenters. The third-order valence-electron chi connectivity index (χ3n) is 4.87. The molecule has 1 fully saturated rings. The number of hydrogen-bond acceptors (Lipinski definition) is 4. The van der Waals surface area contributed by atoms with Crippen molar-refractivity contribution in [2.75, 3.05) is 37.4 Å². The number of amides is 1. The van der Waals surface area contributed by atoms with Crippen molar-refractivity contribution in [2.24, 2.45) is 0 Å². The lowest BCUT2D eigenvalue weighted by molar-refractivity contribution is 0.102. The summed E-state index contributed by atoms with van der Waals surface area (Å²) in [5.74, 6) is -2.32. The summed E-state index contributed by atoms with van der Waals surface area (Å²) in [6, 6.07) is 7.22. The van der Waals surface area contributed by atoms with E-state index in [2.05, 4.69) is 5.32 Å². The summed E-state index contributed by atoms with van der Waals surface area (Å²) < 4.78 is 53.2. The molecule has 2 aromatic rings. The second-order valence-electron chi connectivity index (χ2n) is 7.09. The topological polar surface area (TPSA) is 69.7 Å². The molecule has 156 valence electrons. The van der Waals surface area contributed by atoms with Crippen LogP contribution in [0.2, 0.25) is 0 Å². The zero-order valence-corrected chi connectivity index (χ0v) is 17.1. The molecule has 6 nitrogen and oxygen atoms in total. The van der Waals surface area contributed by atoms with Crippen molar-refractivity contribution in [2.45, 2.75) is 24.2 Å². The number of benzene rings is 2. The van der Waals surface area contributed by atoms with Crippen LogP contribution in [0.25, 0.3) is 0 Å². The van der Waals surface area contributed by atoms with Gasteiger partial charge in [0.25, 0.3) is 5.91 Å². The SMILES string of the molecule is CN(C)S(=O)(=O)c1ccc(N2CCCCC2)c(C(=O)Nc2ccc(F)cc2F)c1. The summed E-state index contributed by atoms with van der Waals surface area (Å²) in [6.07, 6.45) is 3.02. The second kappa shape index (κ2) is 8.46. The molecular formula is C20H23F2N3O3S. The van der Waals surface area contributed by atoms with Crippen molar-refractivity contribution in [3.63, 3.8) is 0 Å². The molecule has 1 aliphatic heterocycles. The van der Waals surface area contributed by atoms with Gasteiger partial charge in [0, 0.05) is 38.9 Å². The lowest BCUT2D eigenvalue weighted by Crippen LogP contribution is -2.32. The molecule has 1 amide bonds. The minimum absolute atomic E-state index is 0.0343. The number of rotatable bonds is 5. The van der Waals surface area contributed by atoms with Gasteiger partial charge in [-0.15, -0.1) is 0 Å². The van der Waals surface area contributed by atoms with Crippen LogP contribution in [0.4, 0.5) is 20.2 Å². The Hall–Kier alpha value is -2.52. The molecule has 0 aromatic heterocycles. The van der Waals surface area contributed by atoms with Crippen LogP contribution in [0.5, 0.6) is 0 Å². The standard InChI is InChI=1S/C20H23F2N3O3S/c1-24(2)29(27,28)15-7-9-19(25-10-4-3-5-11-25)16(13-15)20(26)23-18-8-6-14(21)12-17(18)22/h6-9,12-13H,3-5,10-11H2,1-2H3,(H,23,26). The molecular weight excluding hydrogens is 400 g/mol. The second-order valence-corrected chi connectivity index (χ2v) is 9.24. The highest BCUT2D eigenvalue weighted by atomic mass is 32.2. The molecule has 9 heteroatoms. The van der Waals surface area contributed by atoms with Gasteiger partial charge in [0.1, 0.15) is 11.6 Å². The van der Waals surface area contributed by atoms with Crippen molar-refractivity contribution in [3.05, 3.63) is 53.6 Å². The normalized spacial score (nSPS) is 14.9. The molecule has 0 saturated carbocycles. The molecule has 1 saturated heterocycles. The summed E-state index contributed by atoms with van der Waals surface area (Å²) in [7, 11) is -0.947. The third-order valence-corrected chi connectivity index (χ3v) is 6.68. The summed E-state index contributed by atoms with van der Waals surface area (Å²) in [4.78, 5) is 14.9. The van der Waals surface area contributed by atoms with E-state index < -0.39 is 27.6 Å². The minimum atomic E-state index is -3.76. The summed E-state index contributed by atoms with van der Waals surface area (Å²) in [6.45, 7) is 1.48. The monoisotopic (exact) mass is 423 g/mol. The van der Waals surface area contributed by atoms with Crippen molar-refractivity contribution in [3.8, 4) is 0 Å². The Morgan fingerprint density at radius 2 is 1.72 bits per heavy atom. The van der Waals surface area contributed by atoms with Crippen LogP contribution in [0.15, 0.2) is 41.3 Å². The van der Waals surface area contributed by atoms with Gasteiger partial charge in [-0.3, -0.25) is 4.79 Å². The van der Waals surface area contributed by atoms with Crippen LogP contribution < -0.4 is 10.2 Å². The van der Waals surface area contributed by atoms with Crippen LogP contribution in [-0.2, 0) is 10.0 Å². The number of carbonyl (C=O) groups is 1. The van der Waals surface area contributed by atoms with E-state index in [0.717, 1.165) is 48.8 Å². The maximum atomic E-state index is 14.0. The average molecular weight is 423 g/mol. The summed E-state index contributed by atoms with van der Waals surface area (Å²) in [5.41, 5.74) is 0.530. The molecule has 2 aromatic carbocycles. The maximum absolute atomic E-state index is 14.0. The number of sulfonamides is 1. The van der Waals surface area contributed by atoms with E-state index in [0.29, 0.717) is 11.8 Å². The fourth-order valence-corrected chi connectivity index (χ4v) is 4.19. The van der Waals surface area contributed by atoms with Gasteiger partial charge >= 0.3 is 0 Å². The predicted molar refractivity (Wildman–Crippen MR) is 108 cm³/mol. The number of carbonyl (C=O) groups excluding carboxylic acids is 1. The Bertz CT molecular complexity index is 1020. The van der Waals surface area contributed by atoms with E-state index in [4.69, 9.17) is 0 Å². The number of halogens is 2. The van der Waals surface area contributed by atoms with Crippen molar-refractivity contribution < 1.29 is 22.0 Å². The van der Waals surface area contributed by atoms with Crippen LogP contribution in [0, 0.1) is 11.6 Å². The van der Waals surface area contributed by atoms with Crippen molar-refractivity contribution >= 4 is 27.3 Å². The zero-order valence-electron chi connectivity index (χ0n) is 16.3. The molecule has 1 aliphatic rings. The number of nitrogens with zero attached hydrogens (tertiary/aromatic N) is 2. The van der Waals surface area contributed by atoms with Crippen molar-refractivity contribution in [1.29, 1.82) is 0 Å². The Morgan fingerprint density at radius 1 is 1.03 bits per heavy atom. The predicted octanol–water partition coefficient (Wildman–Crippen LogP) is 3.46. The van der Waals surface area contributed by atoms with E-state index in [1.807, 2.05) is 4.90 Å². The zero-order chi connectivity index (χ0) is 21.2. The molecule has 0 unspecified atom stereocenters. The van der Waals surface area contributed by atoms with Gasteiger partial charge in [-0.05, 0) is 49.6 Å². The lowest BCUT2D eigenvalue weighted by Gasteiger charge is -2.30.